The van der Waals surface area contributed by atoms with Crippen molar-refractivity contribution >= 4 is 103 Å². The van der Waals surface area contributed by atoms with Crippen LogP contribution in [0.1, 0.15) is 0 Å². The lowest BCUT2D eigenvalue weighted by molar-refractivity contribution is 0.669. The summed E-state index contributed by atoms with van der Waals surface area (Å²) in [5, 5.41) is 9.74. The molecule has 0 atom stereocenters. The average molecular weight is 809 g/mol. The lowest BCUT2D eigenvalue weighted by Gasteiger charge is -2.26. The lowest BCUT2D eigenvalue weighted by atomic mass is 10.0. The molecule has 0 radical (unpaired) electrons. The van der Waals surface area contributed by atoms with Crippen LogP contribution in [0.5, 0.6) is 0 Å². The van der Waals surface area contributed by atoms with Crippen LogP contribution in [-0.2, 0) is 0 Å². The summed E-state index contributed by atoms with van der Waals surface area (Å²) in [6, 6.07) is 79.2. The minimum absolute atomic E-state index is 0.884. The smallest absolute Gasteiger partial charge is 0.135 e. The zero-order chi connectivity index (χ0) is 40.7. The van der Waals surface area contributed by atoms with E-state index in [0.717, 1.165) is 50.3 Å². The van der Waals surface area contributed by atoms with Gasteiger partial charge < -0.3 is 13.9 Å². The molecule has 0 aliphatic heterocycles. The standard InChI is InChI=1S/C58H36N2OS/c1-3-12-38(13-4-1)46-19-11-20-50-52-36-44(29-33-56(52)62-58(46)50)59(43-28-32-55-51(35-43)48-18-9-10-21-54(48)61-55)42-26-22-37(23-27-42)40-25-30-47-49-31-24-39-14-7-8-17-45(39)57(49)60(53(47)34-40)41-15-5-2-6-16-41/h1-36H. The molecule has 0 fully saturated rings. The van der Waals surface area contributed by atoms with Crippen molar-refractivity contribution in [2.45, 2.75) is 0 Å². The summed E-state index contributed by atoms with van der Waals surface area (Å²) >= 11 is 1.87. The number of hydrogen-bond acceptors (Lipinski definition) is 3. The molecule has 0 saturated heterocycles. The van der Waals surface area contributed by atoms with Crippen molar-refractivity contribution in [3.63, 3.8) is 0 Å². The summed E-state index contributed by atoms with van der Waals surface area (Å²) < 4.78 is 11.3. The van der Waals surface area contributed by atoms with Gasteiger partial charge in [0, 0.05) is 69.9 Å². The molecule has 62 heavy (non-hydrogen) atoms. The van der Waals surface area contributed by atoms with Crippen molar-refractivity contribution in [1.82, 2.24) is 4.57 Å². The molecule has 3 nitrogen and oxygen atoms in total. The Labute approximate surface area is 361 Å². The van der Waals surface area contributed by atoms with Gasteiger partial charge in [0.2, 0.25) is 0 Å². The number of benzene rings is 10. The summed E-state index contributed by atoms with van der Waals surface area (Å²) in [7, 11) is 0. The van der Waals surface area contributed by atoms with Crippen LogP contribution in [0.15, 0.2) is 223 Å². The highest BCUT2D eigenvalue weighted by Gasteiger charge is 2.20. The molecule has 0 bridgehead atoms. The third-order valence-corrected chi connectivity index (χ3v) is 13.8. The van der Waals surface area contributed by atoms with Gasteiger partial charge >= 0.3 is 0 Å². The van der Waals surface area contributed by atoms with Crippen LogP contribution in [0, 0.1) is 0 Å². The molecule has 10 aromatic carbocycles. The highest BCUT2D eigenvalue weighted by molar-refractivity contribution is 7.26. The van der Waals surface area contributed by atoms with E-state index < -0.39 is 0 Å². The Kier molecular flexibility index (Phi) is 7.78. The summed E-state index contributed by atoms with van der Waals surface area (Å²) in [6.45, 7) is 0. The first kappa shape index (κ1) is 34.9. The Balaban J connectivity index is 0.970. The van der Waals surface area contributed by atoms with E-state index in [0.29, 0.717) is 0 Å². The fraction of sp³-hybridized carbons (Fsp3) is 0. The van der Waals surface area contributed by atoms with Crippen LogP contribution < -0.4 is 4.90 Å². The predicted octanol–water partition coefficient (Wildman–Crippen LogP) is 17.0. The number of furan rings is 1. The molecule has 0 aliphatic rings. The van der Waals surface area contributed by atoms with Gasteiger partial charge in [0.25, 0.3) is 0 Å². The molecule has 0 saturated carbocycles. The van der Waals surface area contributed by atoms with Crippen LogP contribution in [0.2, 0.25) is 0 Å². The molecule has 0 amide bonds. The number of nitrogens with zero attached hydrogens (tertiary/aromatic N) is 2. The van der Waals surface area contributed by atoms with Crippen molar-refractivity contribution in [3.8, 4) is 27.9 Å². The molecule has 0 aliphatic carbocycles. The van der Waals surface area contributed by atoms with Gasteiger partial charge in [0.05, 0.1) is 11.0 Å². The van der Waals surface area contributed by atoms with Gasteiger partial charge in [0.1, 0.15) is 11.2 Å². The molecule has 0 N–H and O–H groups in total. The maximum Gasteiger partial charge on any atom is 0.135 e. The molecule has 4 heteroatoms. The van der Waals surface area contributed by atoms with E-state index in [1.54, 1.807) is 0 Å². The van der Waals surface area contributed by atoms with E-state index in [1.807, 2.05) is 23.5 Å². The van der Waals surface area contributed by atoms with Crippen molar-refractivity contribution < 1.29 is 4.42 Å². The summed E-state index contributed by atoms with van der Waals surface area (Å²) in [4.78, 5) is 2.39. The van der Waals surface area contributed by atoms with Crippen molar-refractivity contribution in [3.05, 3.63) is 218 Å². The normalized spacial score (nSPS) is 11.9. The fourth-order valence-corrected chi connectivity index (χ4v) is 10.9. The molecule has 13 rings (SSSR count). The van der Waals surface area contributed by atoms with Crippen molar-refractivity contribution in [2.75, 3.05) is 4.90 Å². The second-order valence-electron chi connectivity index (χ2n) is 16.1. The van der Waals surface area contributed by atoms with Gasteiger partial charge in [-0.15, -0.1) is 11.3 Å². The Bertz CT molecular complexity index is 3860. The first-order valence-electron chi connectivity index (χ1n) is 21.1. The first-order valence-corrected chi connectivity index (χ1v) is 21.9. The first-order chi connectivity index (χ1) is 30.7. The Morgan fingerprint density at radius 1 is 0.387 bits per heavy atom. The topological polar surface area (TPSA) is 21.3 Å². The number of anilines is 3. The highest BCUT2D eigenvalue weighted by atomic mass is 32.1. The zero-order valence-corrected chi connectivity index (χ0v) is 34.3. The molecule has 3 heterocycles. The van der Waals surface area contributed by atoms with Gasteiger partial charge in [-0.25, -0.2) is 0 Å². The summed E-state index contributed by atoms with van der Waals surface area (Å²) in [5.74, 6) is 0. The Morgan fingerprint density at radius 2 is 1.05 bits per heavy atom. The SMILES string of the molecule is c1ccc(-c2cccc3c2sc2ccc(N(c4ccc(-c5ccc6c7ccc8ccccc8c7n(-c7ccccc7)c6c5)cc4)c4ccc5oc6ccccc6c5c4)cc23)cc1. The van der Waals surface area contributed by atoms with E-state index in [9.17, 15) is 0 Å². The van der Waals surface area contributed by atoms with Crippen LogP contribution in [0.25, 0.3) is 103 Å². The van der Waals surface area contributed by atoms with Crippen LogP contribution >= 0.6 is 11.3 Å². The molecular formula is C58H36N2OS. The molecular weight excluding hydrogens is 773 g/mol. The van der Waals surface area contributed by atoms with E-state index in [-0.39, 0.29) is 0 Å². The third kappa shape index (κ3) is 5.44. The number of fused-ring (bicyclic) bond motifs is 11. The van der Waals surface area contributed by atoms with Crippen LogP contribution in [-0.4, -0.2) is 4.57 Å². The second kappa shape index (κ2) is 13.8. The molecule has 3 aromatic heterocycles. The Hall–Kier alpha value is -7.92. The lowest BCUT2D eigenvalue weighted by Crippen LogP contribution is -2.09. The quantitative estimate of drug-likeness (QED) is 0.167. The van der Waals surface area contributed by atoms with Crippen molar-refractivity contribution in [1.29, 1.82) is 0 Å². The predicted molar refractivity (Wildman–Crippen MR) is 264 cm³/mol. The van der Waals surface area contributed by atoms with Gasteiger partial charge in [-0.05, 0) is 100 Å². The van der Waals surface area contributed by atoms with Crippen molar-refractivity contribution in [2.24, 2.45) is 0 Å². The summed E-state index contributed by atoms with van der Waals surface area (Å²) in [5.41, 5.74) is 13.5. The van der Waals surface area contributed by atoms with E-state index in [2.05, 4.69) is 216 Å². The molecule has 0 spiro atoms. The minimum atomic E-state index is 0.884. The van der Waals surface area contributed by atoms with Gasteiger partial charge in [-0.1, -0.05) is 146 Å². The van der Waals surface area contributed by atoms with E-state index in [1.165, 1.54) is 69.4 Å². The number of thiophene rings is 1. The largest absolute Gasteiger partial charge is 0.456 e. The van der Waals surface area contributed by atoms with E-state index in [4.69, 9.17) is 4.42 Å². The van der Waals surface area contributed by atoms with Gasteiger partial charge in [0.15, 0.2) is 0 Å². The molecule has 0 unspecified atom stereocenters. The average Bonchev–Trinajstić information content (AvgIpc) is 4.02. The Morgan fingerprint density at radius 3 is 1.90 bits per heavy atom. The van der Waals surface area contributed by atoms with Crippen LogP contribution in [0.4, 0.5) is 17.1 Å². The number of hydrogen-bond donors (Lipinski definition) is 0. The molecule has 290 valence electrons. The van der Waals surface area contributed by atoms with Gasteiger partial charge in [-0.3, -0.25) is 0 Å². The number of aromatic nitrogens is 1. The van der Waals surface area contributed by atoms with Crippen LogP contribution in [0.3, 0.4) is 0 Å². The van der Waals surface area contributed by atoms with E-state index >= 15 is 0 Å². The second-order valence-corrected chi connectivity index (χ2v) is 17.1. The molecule has 13 aromatic rings. The maximum absolute atomic E-state index is 6.29. The monoisotopic (exact) mass is 808 g/mol. The number of rotatable bonds is 6. The van der Waals surface area contributed by atoms with Gasteiger partial charge in [-0.2, -0.15) is 0 Å². The zero-order valence-electron chi connectivity index (χ0n) is 33.5. The minimum Gasteiger partial charge on any atom is -0.456 e. The third-order valence-electron chi connectivity index (χ3n) is 12.6. The summed E-state index contributed by atoms with van der Waals surface area (Å²) in [6.07, 6.45) is 0. The fourth-order valence-electron chi connectivity index (χ4n) is 9.68. The number of para-hydroxylation sites is 2. The maximum atomic E-state index is 6.29. The highest BCUT2D eigenvalue weighted by Crippen LogP contribution is 2.45.